The van der Waals surface area contributed by atoms with Crippen molar-refractivity contribution < 1.29 is 14.3 Å². The molecule has 1 aliphatic heterocycles. The number of carbonyl (C=O) groups excluding carboxylic acids is 1. The zero-order chi connectivity index (χ0) is 24.9. The van der Waals surface area contributed by atoms with Crippen LogP contribution in [0.15, 0.2) is 30.3 Å². The Hall–Kier alpha value is -3.44. The van der Waals surface area contributed by atoms with Crippen LogP contribution in [0.3, 0.4) is 0 Å². The minimum Gasteiger partial charge on any atom is -0.481 e. The van der Waals surface area contributed by atoms with E-state index in [0.29, 0.717) is 23.6 Å². The van der Waals surface area contributed by atoms with Gasteiger partial charge in [-0.2, -0.15) is 9.97 Å². The quantitative estimate of drug-likeness (QED) is 0.481. The molecule has 0 radical (unpaired) electrons. The van der Waals surface area contributed by atoms with Crippen LogP contribution in [0.25, 0.3) is 0 Å². The molecule has 10 nitrogen and oxygen atoms in total. The molecule has 0 bridgehead atoms. The molecular weight excluding hydrogens is 466 g/mol. The van der Waals surface area contributed by atoms with Crippen LogP contribution in [-0.4, -0.2) is 59.7 Å². The van der Waals surface area contributed by atoms with Crippen LogP contribution in [0.1, 0.15) is 30.0 Å². The number of hydrogen-bond acceptors (Lipinski definition) is 9. The molecular formula is C24H31N7O3S. The van der Waals surface area contributed by atoms with Crippen molar-refractivity contribution in [2.75, 3.05) is 43.3 Å². The second-order valence-electron chi connectivity index (χ2n) is 8.56. The van der Waals surface area contributed by atoms with Crippen molar-refractivity contribution in [1.29, 1.82) is 0 Å². The van der Waals surface area contributed by atoms with Crippen LogP contribution in [0.4, 0.5) is 21.4 Å². The number of thiazole rings is 1. The molecule has 0 saturated carbocycles. The van der Waals surface area contributed by atoms with E-state index < -0.39 is 0 Å². The Morgan fingerprint density at radius 3 is 2.71 bits per heavy atom. The summed E-state index contributed by atoms with van der Waals surface area (Å²) in [5.74, 6) is 1.17. The van der Waals surface area contributed by atoms with Crippen LogP contribution in [-0.2, 0) is 19.5 Å². The van der Waals surface area contributed by atoms with Gasteiger partial charge in [0.15, 0.2) is 5.13 Å². The van der Waals surface area contributed by atoms with Crippen molar-refractivity contribution in [3.8, 4) is 11.9 Å². The summed E-state index contributed by atoms with van der Waals surface area (Å²) in [7, 11) is 5.16. The number of nitrogens with one attached hydrogen (secondary N) is 2. The van der Waals surface area contributed by atoms with Crippen LogP contribution in [0.2, 0.25) is 0 Å². The molecule has 186 valence electrons. The number of hydrogen-bond donors (Lipinski definition) is 2. The predicted molar refractivity (Wildman–Crippen MR) is 138 cm³/mol. The Labute approximate surface area is 209 Å². The van der Waals surface area contributed by atoms with Gasteiger partial charge in [0.05, 0.1) is 26.5 Å². The molecule has 0 saturated heterocycles. The molecule has 0 aliphatic carbocycles. The van der Waals surface area contributed by atoms with Crippen LogP contribution in [0, 0.1) is 0 Å². The predicted octanol–water partition coefficient (Wildman–Crippen LogP) is 4.00. The van der Waals surface area contributed by atoms with Gasteiger partial charge in [-0.25, -0.2) is 9.78 Å². The van der Waals surface area contributed by atoms with Crippen molar-refractivity contribution in [2.45, 2.75) is 39.4 Å². The third-order valence-corrected chi connectivity index (χ3v) is 6.90. The van der Waals surface area contributed by atoms with Crippen LogP contribution in [0.5, 0.6) is 11.9 Å². The number of ether oxygens (including phenoxy) is 2. The number of anilines is 3. The van der Waals surface area contributed by atoms with Gasteiger partial charge in [-0.1, -0.05) is 29.5 Å². The molecule has 2 aromatic heterocycles. The Kier molecular flexibility index (Phi) is 7.67. The van der Waals surface area contributed by atoms with E-state index in [1.807, 2.05) is 24.3 Å². The minimum atomic E-state index is -0.308. The molecule has 2 N–H and O–H groups in total. The maximum Gasteiger partial charge on any atom is 0.325 e. The van der Waals surface area contributed by atoms with Gasteiger partial charge in [0.1, 0.15) is 5.82 Å². The lowest BCUT2D eigenvalue weighted by atomic mass is 10.1. The summed E-state index contributed by atoms with van der Waals surface area (Å²) in [5, 5.41) is 6.45. The molecule has 2 amide bonds. The van der Waals surface area contributed by atoms with E-state index in [0.717, 1.165) is 47.2 Å². The smallest absolute Gasteiger partial charge is 0.325 e. The first-order valence-electron chi connectivity index (χ1n) is 11.4. The summed E-state index contributed by atoms with van der Waals surface area (Å²) in [6, 6.07) is 9.99. The summed E-state index contributed by atoms with van der Waals surface area (Å²) in [4.78, 5) is 31.5. The highest BCUT2D eigenvalue weighted by atomic mass is 32.1. The van der Waals surface area contributed by atoms with Crippen LogP contribution >= 0.6 is 11.3 Å². The number of amides is 2. The first kappa shape index (κ1) is 24.7. The van der Waals surface area contributed by atoms with Gasteiger partial charge in [0, 0.05) is 42.2 Å². The van der Waals surface area contributed by atoms with Gasteiger partial charge in [0.25, 0.3) is 0 Å². The van der Waals surface area contributed by atoms with Gasteiger partial charge >= 0.3 is 12.0 Å². The molecule has 4 rings (SSSR count). The van der Waals surface area contributed by atoms with Crippen molar-refractivity contribution in [3.63, 3.8) is 0 Å². The van der Waals surface area contributed by atoms with Crippen molar-refractivity contribution in [1.82, 2.24) is 19.9 Å². The Morgan fingerprint density at radius 1 is 1.17 bits per heavy atom. The number of aromatic nitrogens is 3. The van der Waals surface area contributed by atoms with E-state index in [9.17, 15) is 4.79 Å². The average molecular weight is 498 g/mol. The Balaban J connectivity index is 1.43. The summed E-state index contributed by atoms with van der Waals surface area (Å²) in [5.41, 5.74) is 2.84. The third-order valence-electron chi connectivity index (χ3n) is 5.90. The van der Waals surface area contributed by atoms with E-state index in [2.05, 4.69) is 56.3 Å². The van der Waals surface area contributed by atoms with Crippen molar-refractivity contribution in [3.05, 3.63) is 46.5 Å². The normalized spacial score (nSPS) is 13.1. The molecule has 0 atom stereocenters. The highest BCUT2D eigenvalue weighted by Crippen LogP contribution is 2.32. The molecule has 35 heavy (non-hydrogen) atoms. The first-order chi connectivity index (χ1) is 16.9. The molecule has 3 heterocycles. The second-order valence-corrected chi connectivity index (χ2v) is 9.64. The molecule has 0 unspecified atom stereocenters. The number of methoxy groups -OCH3 is 2. The van der Waals surface area contributed by atoms with Gasteiger partial charge < -0.3 is 19.7 Å². The number of nitrogens with zero attached hydrogens (tertiary/aromatic N) is 5. The molecule has 3 aromatic rings. The monoisotopic (exact) mass is 497 g/mol. The van der Waals surface area contributed by atoms with E-state index in [1.165, 1.54) is 18.4 Å². The maximum atomic E-state index is 12.8. The number of carbonyl (C=O) groups is 1. The lowest BCUT2D eigenvalue weighted by molar-refractivity contribution is 0.261. The van der Waals surface area contributed by atoms with Gasteiger partial charge in [0.2, 0.25) is 5.88 Å². The van der Waals surface area contributed by atoms with Gasteiger partial charge in [-0.15, -0.1) is 0 Å². The second kappa shape index (κ2) is 10.9. The van der Waals surface area contributed by atoms with Gasteiger partial charge in [-0.05, 0) is 32.5 Å². The summed E-state index contributed by atoms with van der Waals surface area (Å²) in [6.45, 7) is 6.40. The SMILES string of the molecule is COc1cc(N2CCc3nc(NC(=O)Nc4ccccc4CN(C)C(C)C)sc3C2)nc(OC)n1. The van der Waals surface area contributed by atoms with Gasteiger partial charge in [-0.3, -0.25) is 10.2 Å². The molecule has 0 fully saturated rings. The zero-order valence-corrected chi connectivity index (χ0v) is 21.5. The van der Waals surface area contributed by atoms with E-state index >= 15 is 0 Å². The third kappa shape index (κ3) is 5.98. The summed E-state index contributed by atoms with van der Waals surface area (Å²) in [6.07, 6.45) is 0.744. The summed E-state index contributed by atoms with van der Waals surface area (Å²) < 4.78 is 10.5. The molecule has 1 aromatic carbocycles. The number of benzene rings is 1. The van der Waals surface area contributed by atoms with E-state index in [-0.39, 0.29) is 12.0 Å². The number of fused-ring (bicyclic) bond motifs is 1. The summed E-state index contributed by atoms with van der Waals surface area (Å²) >= 11 is 1.47. The van der Waals surface area contributed by atoms with E-state index in [1.54, 1.807) is 13.2 Å². The number of urea groups is 1. The van der Waals surface area contributed by atoms with Crippen molar-refractivity contribution >= 4 is 34.0 Å². The van der Waals surface area contributed by atoms with E-state index in [4.69, 9.17) is 9.47 Å². The largest absolute Gasteiger partial charge is 0.481 e. The fourth-order valence-electron chi connectivity index (χ4n) is 3.68. The minimum absolute atomic E-state index is 0.258. The maximum absolute atomic E-state index is 12.8. The molecule has 1 aliphatic rings. The fourth-order valence-corrected chi connectivity index (χ4v) is 4.70. The first-order valence-corrected chi connectivity index (χ1v) is 12.2. The molecule has 0 spiro atoms. The zero-order valence-electron chi connectivity index (χ0n) is 20.7. The van der Waals surface area contributed by atoms with Crippen LogP contribution < -0.4 is 25.0 Å². The Bertz CT molecular complexity index is 1160. The fraction of sp³-hybridized carbons (Fsp3) is 0.417. The lowest BCUT2D eigenvalue weighted by Gasteiger charge is -2.27. The standard InChI is InChI=1S/C24H31N7O3S/c1-15(2)30(3)13-16-8-6-7-9-17(16)25-22(32)29-24-26-18-10-11-31(14-19(18)35-24)20-12-21(33-4)28-23(27-20)34-5/h6-9,12,15H,10-11,13-14H2,1-5H3,(H2,25,26,29,32). The highest BCUT2D eigenvalue weighted by Gasteiger charge is 2.24. The Morgan fingerprint density at radius 2 is 1.97 bits per heavy atom. The average Bonchev–Trinajstić information content (AvgIpc) is 3.25. The number of para-hydroxylation sites is 1. The molecule has 11 heteroatoms. The topological polar surface area (TPSA) is 105 Å². The van der Waals surface area contributed by atoms with Crippen molar-refractivity contribution in [2.24, 2.45) is 0 Å². The number of rotatable bonds is 8. The lowest BCUT2D eigenvalue weighted by Crippen LogP contribution is -2.30. The highest BCUT2D eigenvalue weighted by molar-refractivity contribution is 7.15.